The molecule has 12 heavy (non-hydrogen) atoms. The molecule has 2 atom stereocenters. The molecular formula is C11H17N. The molecule has 0 amide bonds. The van der Waals surface area contributed by atoms with Crippen LogP contribution in [0.2, 0.25) is 0 Å². The van der Waals surface area contributed by atoms with Gasteiger partial charge in [-0.25, -0.2) is 0 Å². The summed E-state index contributed by atoms with van der Waals surface area (Å²) in [6.07, 6.45) is 1.06. The Kier molecular flexibility index (Phi) is 3.30. The number of nitrogens with two attached hydrogens (primary N) is 1. The fraction of sp³-hybridized carbons (Fsp3) is 0.455. The molecule has 0 saturated carbocycles. The molecule has 0 fully saturated rings. The first-order valence-corrected chi connectivity index (χ1v) is 4.50. The van der Waals surface area contributed by atoms with E-state index in [0.717, 1.165) is 6.42 Å². The second kappa shape index (κ2) is 4.27. The Labute approximate surface area is 74.6 Å². The molecule has 0 aliphatic rings. The molecular weight excluding hydrogens is 146 g/mol. The first-order chi connectivity index (χ1) is 5.70. The molecule has 0 aliphatic carbocycles. The highest BCUT2D eigenvalue weighted by Gasteiger charge is 2.06. The zero-order valence-electron chi connectivity index (χ0n) is 7.83. The summed E-state index contributed by atoms with van der Waals surface area (Å²) in [6, 6.07) is 10.8. The molecule has 1 nitrogen and oxygen atoms in total. The van der Waals surface area contributed by atoms with Crippen LogP contribution in [-0.4, -0.2) is 6.04 Å². The molecule has 0 radical (unpaired) electrons. The topological polar surface area (TPSA) is 26.0 Å². The van der Waals surface area contributed by atoms with Crippen molar-refractivity contribution in [2.75, 3.05) is 0 Å². The van der Waals surface area contributed by atoms with Gasteiger partial charge >= 0.3 is 0 Å². The van der Waals surface area contributed by atoms with E-state index in [9.17, 15) is 0 Å². The quantitative estimate of drug-likeness (QED) is 0.728. The van der Waals surface area contributed by atoms with Crippen LogP contribution in [0.4, 0.5) is 0 Å². The lowest BCUT2D eigenvalue weighted by atomic mass is 9.95. The van der Waals surface area contributed by atoms with E-state index < -0.39 is 0 Å². The predicted octanol–water partition coefficient (Wildman–Crippen LogP) is 2.53. The molecule has 0 spiro atoms. The molecule has 0 saturated heterocycles. The van der Waals surface area contributed by atoms with Crippen LogP contribution in [0.1, 0.15) is 31.7 Å². The Balaban J connectivity index is 2.59. The normalized spacial score (nSPS) is 15.6. The first kappa shape index (κ1) is 9.27. The summed E-state index contributed by atoms with van der Waals surface area (Å²) in [4.78, 5) is 0. The fourth-order valence-electron chi connectivity index (χ4n) is 1.48. The van der Waals surface area contributed by atoms with Crippen LogP contribution in [0.5, 0.6) is 0 Å². The Morgan fingerprint density at radius 3 is 2.25 bits per heavy atom. The highest BCUT2D eigenvalue weighted by atomic mass is 14.6. The van der Waals surface area contributed by atoms with Gasteiger partial charge in [0.2, 0.25) is 0 Å². The Hall–Kier alpha value is -0.820. The molecule has 0 bridgehead atoms. The number of hydrogen-bond donors (Lipinski definition) is 1. The van der Waals surface area contributed by atoms with Crippen molar-refractivity contribution in [3.63, 3.8) is 0 Å². The number of benzene rings is 1. The van der Waals surface area contributed by atoms with Crippen LogP contribution in [0, 0.1) is 0 Å². The smallest absolute Gasteiger partial charge is 0.00162 e. The van der Waals surface area contributed by atoms with E-state index >= 15 is 0 Å². The second-order valence-electron chi connectivity index (χ2n) is 3.52. The van der Waals surface area contributed by atoms with Gasteiger partial charge < -0.3 is 5.73 Å². The zero-order valence-corrected chi connectivity index (χ0v) is 7.83. The lowest BCUT2D eigenvalue weighted by Crippen LogP contribution is -2.17. The van der Waals surface area contributed by atoms with E-state index in [0.29, 0.717) is 12.0 Å². The maximum atomic E-state index is 5.73. The highest BCUT2D eigenvalue weighted by Crippen LogP contribution is 2.18. The van der Waals surface area contributed by atoms with Crippen molar-refractivity contribution in [3.8, 4) is 0 Å². The molecule has 1 heteroatoms. The van der Waals surface area contributed by atoms with Gasteiger partial charge in [-0.3, -0.25) is 0 Å². The molecule has 1 aromatic rings. The highest BCUT2D eigenvalue weighted by molar-refractivity contribution is 5.18. The van der Waals surface area contributed by atoms with Crippen molar-refractivity contribution in [2.24, 2.45) is 5.73 Å². The van der Waals surface area contributed by atoms with E-state index in [4.69, 9.17) is 5.73 Å². The van der Waals surface area contributed by atoms with Gasteiger partial charge in [0.15, 0.2) is 0 Å². The Bertz CT molecular complexity index is 216. The number of hydrogen-bond acceptors (Lipinski definition) is 1. The average Bonchev–Trinajstić information content (AvgIpc) is 2.05. The summed E-state index contributed by atoms with van der Waals surface area (Å²) in [5.41, 5.74) is 7.11. The molecule has 0 aromatic heterocycles. The molecule has 1 rings (SSSR count). The van der Waals surface area contributed by atoms with Crippen molar-refractivity contribution >= 4 is 0 Å². The van der Waals surface area contributed by atoms with Gasteiger partial charge in [0, 0.05) is 6.04 Å². The third-order valence-corrected chi connectivity index (χ3v) is 2.09. The minimum absolute atomic E-state index is 0.292. The van der Waals surface area contributed by atoms with Crippen LogP contribution in [0.25, 0.3) is 0 Å². The molecule has 0 aliphatic heterocycles. The molecule has 0 heterocycles. The summed E-state index contributed by atoms with van der Waals surface area (Å²) in [5.74, 6) is 0.575. The fourth-order valence-corrected chi connectivity index (χ4v) is 1.48. The van der Waals surface area contributed by atoms with Gasteiger partial charge in [0.05, 0.1) is 0 Å². The van der Waals surface area contributed by atoms with Gasteiger partial charge in [0.25, 0.3) is 0 Å². The lowest BCUT2D eigenvalue weighted by Gasteiger charge is -2.13. The largest absolute Gasteiger partial charge is 0.328 e. The van der Waals surface area contributed by atoms with Crippen molar-refractivity contribution in [2.45, 2.75) is 32.2 Å². The summed E-state index contributed by atoms with van der Waals surface area (Å²) in [6.45, 7) is 4.28. The zero-order chi connectivity index (χ0) is 8.97. The van der Waals surface area contributed by atoms with Gasteiger partial charge in [0.1, 0.15) is 0 Å². The van der Waals surface area contributed by atoms with E-state index in [1.807, 2.05) is 6.07 Å². The summed E-state index contributed by atoms with van der Waals surface area (Å²) >= 11 is 0. The summed E-state index contributed by atoms with van der Waals surface area (Å²) in [7, 11) is 0. The molecule has 66 valence electrons. The van der Waals surface area contributed by atoms with Crippen molar-refractivity contribution < 1.29 is 0 Å². The predicted molar refractivity (Wildman–Crippen MR) is 53.1 cm³/mol. The molecule has 1 unspecified atom stereocenters. The van der Waals surface area contributed by atoms with E-state index in [-0.39, 0.29) is 0 Å². The van der Waals surface area contributed by atoms with Crippen molar-refractivity contribution in [1.82, 2.24) is 0 Å². The first-order valence-electron chi connectivity index (χ1n) is 4.50. The van der Waals surface area contributed by atoms with E-state index in [1.54, 1.807) is 0 Å². The monoisotopic (exact) mass is 163 g/mol. The average molecular weight is 163 g/mol. The second-order valence-corrected chi connectivity index (χ2v) is 3.52. The molecule has 2 N–H and O–H groups in total. The van der Waals surface area contributed by atoms with Crippen LogP contribution >= 0.6 is 0 Å². The van der Waals surface area contributed by atoms with Gasteiger partial charge in [-0.15, -0.1) is 0 Å². The van der Waals surface area contributed by atoms with Crippen molar-refractivity contribution in [3.05, 3.63) is 35.9 Å². The standard InChI is InChI=1S/C11H17N/c1-9(8-10(2)12)11-6-4-3-5-7-11/h3-7,9-10H,8,12H2,1-2H3/t9-,10?/m1/s1. The third-order valence-electron chi connectivity index (χ3n) is 2.09. The third kappa shape index (κ3) is 2.67. The lowest BCUT2D eigenvalue weighted by molar-refractivity contribution is 0.586. The molecule has 1 aromatic carbocycles. The Morgan fingerprint density at radius 1 is 1.17 bits per heavy atom. The maximum Gasteiger partial charge on any atom is 0.00162 e. The summed E-state index contributed by atoms with van der Waals surface area (Å²) in [5, 5.41) is 0. The van der Waals surface area contributed by atoms with Gasteiger partial charge in [-0.2, -0.15) is 0 Å². The van der Waals surface area contributed by atoms with Gasteiger partial charge in [-0.1, -0.05) is 37.3 Å². The van der Waals surface area contributed by atoms with Crippen LogP contribution in [0.15, 0.2) is 30.3 Å². The SMILES string of the molecule is CC(N)C[C@@H](C)c1ccccc1. The van der Waals surface area contributed by atoms with Gasteiger partial charge in [-0.05, 0) is 24.8 Å². The number of rotatable bonds is 3. The van der Waals surface area contributed by atoms with Crippen LogP contribution in [0.3, 0.4) is 0 Å². The minimum Gasteiger partial charge on any atom is -0.328 e. The Morgan fingerprint density at radius 2 is 1.75 bits per heavy atom. The van der Waals surface area contributed by atoms with E-state index in [1.165, 1.54) is 5.56 Å². The van der Waals surface area contributed by atoms with Crippen molar-refractivity contribution in [1.29, 1.82) is 0 Å². The summed E-state index contributed by atoms with van der Waals surface area (Å²) < 4.78 is 0. The minimum atomic E-state index is 0.292. The van der Waals surface area contributed by atoms with Crippen LogP contribution in [-0.2, 0) is 0 Å². The maximum absolute atomic E-state index is 5.73. The van der Waals surface area contributed by atoms with E-state index in [2.05, 4.69) is 38.1 Å². The van der Waals surface area contributed by atoms with Crippen LogP contribution < -0.4 is 5.73 Å².